The first-order valence-electron chi connectivity index (χ1n) is 7.76. The van der Waals surface area contributed by atoms with E-state index in [1.165, 1.54) is 30.6 Å². The third kappa shape index (κ3) is 2.37. The van der Waals surface area contributed by atoms with Crippen LogP contribution in [0.5, 0.6) is 0 Å². The van der Waals surface area contributed by atoms with E-state index >= 15 is 0 Å². The summed E-state index contributed by atoms with van der Waals surface area (Å²) in [7, 11) is 0. The molecule has 0 aromatic heterocycles. The number of amides is 2. The van der Waals surface area contributed by atoms with E-state index in [1.807, 2.05) is 12.1 Å². The van der Waals surface area contributed by atoms with Gasteiger partial charge in [-0.05, 0) is 25.0 Å². The highest BCUT2D eigenvalue weighted by Gasteiger charge is 2.40. The Bertz CT molecular complexity index is 474. The van der Waals surface area contributed by atoms with Gasteiger partial charge in [-0.2, -0.15) is 0 Å². The molecule has 3 aliphatic rings. The first kappa shape index (κ1) is 13.3. The van der Waals surface area contributed by atoms with Crippen molar-refractivity contribution < 1.29 is 9.59 Å². The molecule has 0 N–H and O–H groups in total. The lowest BCUT2D eigenvalue weighted by Crippen LogP contribution is -2.38. The highest BCUT2D eigenvalue weighted by molar-refractivity contribution is 6.21. The predicted molar refractivity (Wildman–Crippen MR) is 77.7 cm³/mol. The van der Waals surface area contributed by atoms with Crippen LogP contribution in [-0.2, 0) is 0 Å². The maximum absolute atomic E-state index is 12.1. The molecule has 106 valence electrons. The molecule has 4 rings (SSSR count). The summed E-state index contributed by atoms with van der Waals surface area (Å²) in [6, 6.07) is 7.23. The molecule has 1 heterocycles. The zero-order valence-electron chi connectivity index (χ0n) is 11.8. The van der Waals surface area contributed by atoms with Crippen LogP contribution < -0.4 is 0 Å². The summed E-state index contributed by atoms with van der Waals surface area (Å²) in [5.74, 6) is -0.208. The van der Waals surface area contributed by atoms with Crippen LogP contribution in [0.3, 0.4) is 0 Å². The first-order valence-corrected chi connectivity index (χ1v) is 7.76. The summed E-state index contributed by atoms with van der Waals surface area (Å²) >= 11 is 0. The largest absolute Gasteiger partial charge is 0.271 e. The van der Waals surface area contributed by atoms with Crippen molar-refractivity contribution in [2.45, 2.75) is 57.4 Å². The Morgan fingerprint density at radius 1 is 0.750 bits per heavy atom. The second-order valence-electron chi connectivity index (χ2n) is 5.88. The van der Waals surface area contributed by atoms with Crippen LogP contribution in [0.1, 0.15) is 72.1 Å². The van der Waals surface area contributed by atoms with Gasteiger partial charge in [0, 0.05) is 6.04 Å². The molecule has 2 saturated carbocycles. The molecule has 0 unspecified atom stereocenters. The topological polar surface area (TPSA) is 37.4 Å². The molecule has 2 aliphatic carbocycles. The van der Waals surface area contributed by atoms with Crippen molar-refractivity contribution in [1.29, 1.82) is 0 Å². The molecular weight excluding hydrogens is 250 g/mol. The van der Waals surface area contributed by atoms with Gasteiger partial charge in [0.15, 0.2) is 0 Å². The molecular formula is C17H21NO2. The maximum atomic E-state index is 12.1. The Morgan fingerprint density at radius 3 is 1.60 bits per heavy atom. The van der Waals surface area contributed by atoms with E-state index in [0.29, 0.717) is 11.1 Å². The minimum atomic E-state index is -0.104. The molecule has 1 aromatic carbocycles. The number of hydrogen-bond acceptors (Lipinski definition) is 2. The van der Waals surface area contributed by atoms with E-state index < -0.39 is 0 Å². The fraction of sp³-hybridized carbons (Fsp3) is 0.529. The molecule has 0 spiro atoms. The van der Waals surface area contributed by atoms with Gasteiger partial charge in [-0.1, -0.05) is 50.7 Å². The molecule has 0 atom stereocenters. The quantitative estimate of drug-likeness (QED) is 0.729. The highest BCUT2D eigenvalue weighted by atomic mass is 16.2. The van der Waals surface area contributed by atoms with E-state index in [-0.39, 0.29) is 17.9 Å². The molecule has 0 radical (unpaired) electrons. The van der Waals surface area contributed by atoms with Gasteiger partial charge in [-0.25, -0.2) is 0 Å². The smallest absolute Gasteiger partial charge is 0.261 e. The van der Waals surface area contributed by atoms with Crippen LogP contribution >= 0.6 is 0 Å². The van der Waals surface area contributed by atoms with E-state index in [4.69, 9.17) is 0 Å². The van der Waals surface area contributed by atoms with Crippen LogP contribution in [0.25, 0.3) is 0 Å². The number of imide groups is 1. The zero-order valence-corrected chi connectivity index (χ0v) is 11.8. The number of carbonyl (C=O) groups is 2. The lowest BCUT2D eigenvalue weighted by atomic mass is 10.0. The Hall–Kier alpha value is -1.64. The predicted octanol–water partition coefficient (Wildman–Crippen LogP) is 3.79. The van der Waals surface area contributed by atoms with Crippen LogP contribution in [0.4, 0.5) is 0 Å². The summed E-state index contributed by atoms with van der Waals surface area (Å²) in [6.07, 6.45) is 10.2. The summed E-state index contributed by atoms with van der Waals surface area (Å²) in [6.45, 7) is 0. The molecule has 2 fully saturated rings. The van der Waals surface area contributed by atoms with Gasteiger partial charge in [-0.3, -0.25) is 14.5 Å². The van der Waals surface area contributed by atoms with Crippen molar-refractivity contribution in [2.75, 3.05) is 0 Å². The van der Waals surface area contributed by atoms with Crippen molar-refractivity contribution in [2.24, 2.45) is 0 Å². The molecule has 1 aromatic rings. The van der Waals surface area contributed by atoms with Crippen LogP contribution in [0.15, 0.2) is 24.3 Å². The molecule has 0 bridgehead atoms. The number of rotatable bonds is 1. The second-order valence-corrected chi connectivity index (χ2v) is 5.88. The zero-order chi connectivity index (χ0) is 13.9. The Kier molecular flexibility index (Phi) is 3.86. The van der Waals surface area contributed by atoms with E-state index in [1.54, 1.807) is 12.1 Å². The molecule has 1 aliphatic heterocycles. The molecule has 0 saturated heterocycles. The van der Waals surface area contributed by atoms with Crippen LogP contribution in [0.2, 0.25) is 0 Å². The number of nitrogens with zero attached hydrogens (tertiary/aromatic N) is 1. The van der Waals surface area contributed by atoms with Gasteiger partial charge in [0.2, 0.25) is 0 Å². The van der Waals surface area contributed by atoms with Crippen LogP contribution in [-0.4, -0.2) is 22.8 Å². The van der Waals surface area contributed by atoms with E-state index in [9.17, 15) is 9.59 Å². The molecule has 2 amide bonds. The number of benzene rings is 1. The fourth-order valence-electron chi connectivity index (χ4n) is 2.95. The first-order chi connectivity index (χ1) is 9.79. The average molecular weight is 271 g/mol. The van der Waals surface area contributed by atoms with Crippen molar-refractivity contribution in [1.82, 2.24) is 4.90 Å². The SMILES string of the molecule is C1CCC1.O=C1c2ccccc2C(=O)N1C1CCCC1. The van der Waals surface area contributed by atoms with Gasteiger partial charge < -0.3 is 0 Å². The van der Waals surface area contributed by atoms with E-state index in [0.717, 1.165) is 25.7 Å². The number of carbonyl (C=O) groups excluding carboxylic acids is 2. The Morgan fingerprint density at radius 2 is 1.20 bits per heavy atom. The lowest BCUT2D eigenvalue weighted by molar-refractivity contribution is 0.0588. The lowest BCUT2D eigenvalue weighted by Gasteiger charge is -2.21. The monoisotopic (exact) mass is 271 g/mol. The van der Waals surface area contributed by atoms with Gasteiger partial charge >= 0.3 is 0 Å². The standard InChI is InChI=1S/C13H13NO2.C4H8/c15-12-10-7-3-4-8-11(10)13(16)14(12)9-5-1-2-6-9;1-2-4-3-1/h3-4,7-9H,1-2,5-6H2;1-4H2. The second kappa shape index (κ2) is 5.78. The highest BCUT2D eigenvalue weighted by Crippen LogP contribution is 2.31. The van der Waals surface area contributed by atoms with Crippen molar-refractivity contribution >= 4 is 11.8 Å². The molecule has 3 nitrogen and oxygen atoms in total. The van der Waals surface area contributed by atoms with Crippen molar-refractivity contribution in [3.05, 3.63) is 35.4 Å². The van der Waals surface area contributed by atoms with E-state index in [2.05, 4.69) is 0 Å². The normalized spacial score (nSPS) is 21.3. The third-order valence-corrected chi connectivity index (χ3v) is 4.52. The minimum absolute atomic E-state index is 0.104. The van der Waals surface area contributed by atoms with Gasteiger partial charge in [-0.15, -0.1) is 0 Å². The number of fused-ring (bicyclic) bond motifs is 1. The summed E-state index contributed by atoms with van der Waals surface area (Å²) in [5.41, 5.74) is 1.14. The molecule has 20 heavy (non-hydrogen) atoms. The summed E-state index contributed by atoms with van der Waals surface area (Å²) < 4.78 is 0. The van der Waals surface area contributed by atoms with Gasteiger partial charge in [0.1, 0.15) is 0 Å². The van der Waals surface area contributed by atoms with Crippen molar-refractivity contribution in [3.8, 4) is 0 Å². The summed E-state index contributed by atoms with van der Waals surface area (Å²) in [5, 5.41) is 0. The fourth-order valence-corrected chi connectivity index (χ4v) is 2.95. The average Bonchev–Trinajstić information content (AvgIpc) is 2.97. The van der Waals surface area contributed by atoms with Gasteiger partial charge in [0.25, 0.3) is 11.8 Å². The van der Waals surface area contributed by atoms with Crippen LogP contribution in [0, 0.1) is 0 Å². The van der Waals surface area contributed by atoms with Crippen molar-refractivity contribution in [3.63, 3.8) is 0 Å². The van der Waals surface area contributed by atoms with Gasteiger partial charge in [0.05, 0.1) is 11.1 Å². The summed E-state index contributed by atoms with van der Waals surface area (Å²) in [4.78, 5) is 25.7. The Balaban J connectivity index is 0.000000261. The maximum Gasteiger partial charge on any atom is 0.261 e. The molecule has 3 heteroatoms. The number of hydrogen-bond donors (Lipinski definition) is 0. The Labute approximate surface area is 120 Å². The third-order valence-electron chi connectivity index (χ3n) is 4.52. The minimum Gasteiger partial charge on any atom is -0.271 e.